The molecule has 126 valence electrons. The van der Waals surface area contributed by atoms with Crippen molar-refractivity contribution in [1.29, 1.82) is 0 Å². The summed E-state index contributed by atoms with van der Waals surface area (Å²) in [6.45, 7) is 5.81. The Labute approximate surface area is 138 Å². The van der Waals surface area contributed by atoms with E-state index in [0.717, 1.165) is 42.7 Å². The molecule has 1 aromatic heterocycles. The van der Waals surface area contributed by atoms with E-state index in [0.29, 0.717) is 18.7 Å². The highest BCUT2D eigenvalue weighted by molar-refractivity contribution is 5.80. The van der Waals surface area contributed by atoms with Crippen molar-refractivity contribution < 1.29 is 4.74 Å². The van der Waals surface area contributed by atoms with Gasteiger partial charge in [0.05, 0.1) is 6.54 Å². The monoisotopic (exact) mass is 316 g/mol. The third-order valence-corrected chi connectivity index (χ3v) is 4.61. The molecule has 2 atom stereocenters. The molecule has 1 aromatic rings. The summed E-state index contributed by atoms with van der Waals surface area (Å²) in [6.07, 6.45) is 8.16. The fourth-order valence-electron chi connectivity index (χ4n) is 3.00. The molecule has 5 heteroatoms. The molecule has 2 aliphatic rings. The summed E-state index contributed by atoms with van der Waals surface area (Å²) in [5.74, 6) is 2.38. The number of hydrogen-bond donors (Lipinski definition) is 2. The molecule has 0 aliphatic heterocycles. The zero-order chi connectivity index (χ0) is 16.1. The van der Waals surface area contributed by atoms with Gasteiger partial charge >= 0.3 is 0 Å². The molecule has 2 unspecified atom stereocenters. The van der Waals surface area contributed by atoms with Crippen molar-refractivity contribution in [2.45, 2.75) is 64.6 Å². The predicted octanol–water partition coefficient (Wildman–Crippen LogP) is 2.87. The molecule has 2 N–H and O–H groups in total. The Kier molecular flexibility index (Phi) is 5.36. The van der Waals surface area contributed by atoms with Gasteiger partial charge in [-0.15, -0.1) is 0 Å². The lowest BCUT2D eigenvalue weighted by Gasteiger charge is -2.15. The first-order chi connectivity index (χ1) is 11.3. The van der Waals surface area contributed by atoms with Crippen LogP contribution in [-0.4, -0.2) is 29.6 Å². The molecule has 0 aromatic carbocycles. The summed E-state index contributed by atoms with van der Waals surface area (Å²) in [5, 5.41) is 6.80. The van der Waals surface area contributed by atoms with Gasteiger partial charge < -0.3 is 15.4 Å². The third-order valence-electron chi connectivity index (χ3n) is 4.61. The van der Waals surface area contributed by atoms with Gasteiger partial charge in [0, 0.05) is 24.3 Å². The van der Waals surface area contributed by atoms with Gasteiger partial charge in [0.1, 0.15) is 6.10 Å². The van der Waals surface area contributed by atoms with Crippen LogP contribution in [-0.2, 0) is 6.54 Å². The van der Waals surface area contributed by atoms with Crippen LogP contribution in [0.5, 0.6) is 5.88 Å². The van der Waals surface area contributed by atoms with Gasteiger partial charge in [0.25, 0.3) is 0 Å². The maximum absolute atomic E-state index is 6.09. The van der Waals surface area contributed by atoms with Gasteiger partial charge in [0.15, 0.2) is 5.96 Å². The van der Waals surface area contributed by atoms with Crippen LogP contribution in [0.1, 0.15) is 51.5 Å². The lowest BCUT2D eigenvalue weighted by molar-refractivity contribution is 0.199. The van der Waals surface area contributed by atoms with Crippen molar-refractivity contribution in [3.63, 3.8) is 0 Å². The van der Waals surface area contributed by atoms with E-state index in [1.165, 1.54) is 19.3 Å². The van der Waals surface area contributed by atoms with E-state index in [1.54, 1.807) is 6.20 Å². The lowest BCUT2D eigenvalue weighted by Crippen LogP contribution is -2.39. The average Bonchev–Trinajstić information content (AvgIpc) is 3.01. The molecular weight excluding hydrogens is 288 g/mol. The highest BCUT2D eigenvalue weighted by Gasteiger charge is 2.33. The van der Waals surface area contributed by atoms with E-state index in [9.17, 15) is 0 Å². The molecule has 23 heavy (non-hydrogen) atoms. The van der Waals surface area contributed by atoms with Gasteiger partial charge in [-0.3, -0.25) is 0 Å². The second-order valence-corrected chi connectivity index (χ2v) is 6.65. The van der Waals surface area contributed by atoms with Crippen LogP contribution in [0.3, 0.4) is 0 Å². The molecular formula is C18H28N4O. The first-order valence-electron chi connectivity index (χ1n) is 8.91. The molecule has 3 rings (SSSR count). The van der Waals surface area contributed by atoms with Crippen molar-refractivity contribution in [3.05, 3.63) is 23.9 Å². The van der Waals surface area contributed by atoms with Crippen LogP contribution in [0, 0.1) is 5.92 Å². The molecule has 0 bridgehead atoms. The summed E-state index contributed by atoms with van der Waals surface area (Å²) in [5.41, 5.74) is 1.06. The van der Waals surface area contributed by atoms with Crippen molar-refractivity contribution in [2.75, 3.05) is 6.54 Å². The topological polar surface area (TPSA) is 58.5 Å². The Balaban J connectivity index is 1.64. The summed E-state index contributed by atoms with van der Waals surface area (Å²) in [6, 6.07) is 4.58. The first kappa shape index (κ1) is 16.1. The van der Waals surface area contributed by atoms with Crippen molar-refractivity contribution in [2.24, 2.45) is 10.9 Å². The molecule has 0 radical (unpaired) electrons. The van der Waals surface area contributed by atoms with Crippen LogP contribution >= 0.6 is 0 Å². The normalized spacial score (nSPS) is 24.5. The Morgan fingerprint density at radius 1 is 1.39 bits per heavy atom. The van der Waals surface area contributed by atoms with Gasteiger partial charge in [-0.05, 0) is 51.0 Å². The highest BCUT2D eigenvalue weighted by atomic mass is 16.5. The van der Waals surface area contributed by atoms with Gasteiger partial charge in [0.2, 0.25) is 5.88 Å². The molecule has 0 spiro atoms. The van der Waals surface area contributed by atoms with E-state index < -0.39 is 0 Å². The number of hydrogen-bond acceptors (Lipinski definition) is 3. The van der Waals surface area contributed by atoms with Gasteiger partial charge in [-0.1, -0.05) is 13.0 Å². The minimum Gasteiger partial charge on any atom is -0.474 e. The van der Waals surface area contributed by atoms with Crippen LogP contribution in [0.15, 0.2) is 23.3 Å². The minimum absolute atomic E-state index is 0.325. The smallest absolute Gasteiger partial charge is 0.218 e. The number of aromatic nitrogens is 1. The number of ether oxygens (including phenoxy) is 1. The van der Waals surface area contributed by atoms with E-state index in [4.69, 9.17) is 9.73 Å². The number of pyridine rings is 1. The molecule has 2 aliphatic carbocycles. The molecule has 0 saturated heterocycles. The number of nitrogens with one attached hydrogen (secondary N) is 2. The summed E-state index contributed by atoms with van der Waals surface area (Å²) in [7, 11) is 0. The quantitative estimate of drug-likeness (QED) is 0.626. The summed E-state index contributed by atoms with van der Waals surface area (Å²) < 4.78 is 6.09. The molecule has 5 nitrogen and oxygen atoms in total. The van der Waals surface area contributed by atoms with E-state index in [1.807, 2.05) is 6.07 Å². The van der Waals surface area contributed by atoms with E-state index in [2.05, 4.69) is 35.5 Å². The molecule has 2 saturated carbocycles. The van der Waals surface area contributed by atoms with Gasteiger partial charge in [-0.2, -0.15) is 0 Å². The third kappa shape index (κ3) is 4.60. The fraction of sp³-hybridized carbons (Fsp3) is 0.667. The Hall–Kier alpha value is -1.78. The molecule has 1 heterocycles. The Morgan fingerprint density at radius 2 is 2.17 bits per heavy atom. The lowest BCUT2D eigenvalue weighted by atomic mass is 10.2. The van der Waals surface area contributed by atoms with Crippen LogP contribution < -0.4 is 15.4 Å². The molecule has 2 fully saturated rings. The standard InChI is InChI=1S/C18H28N4O/c1-3-19-18(22-16-11-13(16)2)21-12-14-7-6-10-20-17(14)23-15-8-4-5-9-15/h6-7,10,13,15-16H,3-5,8-9,11-12H2,1-2H3,(H2,19,21,22). The maximum atomic E-state index is 6.09. The summed E-state index contributed by atoms with van der Waals surface area (Å²) >= 11 is 0. The van der Waals surface area contributed by atoms with E-state index in [-0.39, 0.29) is 0 Å². The zero-order valence-corrected chi connectivity index (χ0v) is 14.2. The zero-order valence-electron chi connectivity index (χ0n) is 14.2. The number of aliphatic imine (C=N–C) groups is 1. The fourth-order valence-corrected chi connectivity index (χ4v) is 3.00. The number of rotatable bonds is 6. The van der Waals surface area contributed by atoms with Crippen LogP contribution in [0.25, 0.3) is 0 Å². The second kappa shape index (κ2) is 7.66. The minimum atomic E-state index is 0.325. The van der Waals surface area contributed by atoms with Crippen LogP contribution in [0.4, 0.5) is 0 Å². The number of guanidine groups is 1. The Morgan fingerprint density at radius 3 is 2.87 bits per heavy atom. The SMILES string of the molecule is CCNC(=NCc1cccnc1OC1CCCC1)NC1CC1C. The van der Waals surface area contributed by atoms with E-state index >= 15 is 0 Å². The van der Waals surface area contributed by atoms with Crippen LogP contribution in [0.2, 0.25) is 0 Å². The Bertz CT molecular complexity index is 540. The molecule has 0 amide bonds. The largest absolute Gasteiger partial charge is 0.474 e. The maximum Gasteiger partial charge on any atom is 0.218 e. The highest BCUT2D eigenvalue weighted by Crippen LogP contribution is 2.29. The van der Waals surface area contributed by atoms with Crippen molar-refractivity contribution in [1.82, 2.24) is 15.6 Å². The van der Waals surface area contributed by atoms with Crippen molar-refractivity contribution >= 4 is 5.96 Å². The summed E-state index contributed by atoms with van der Waals surface area (Å²) in [4.78, 5) is 9.13. The van der Waals surface area contributed by atoms with Crippen molar-refractivity contribution in [3.8, 4) is 5.88 Å². The predicted molar refractivity (Wildman–Crippen MR) is 92.6 cm³/mol. The number of nitrogens with zero attached hydrogens (tertiary/aromatic N) is 2. The van der Waals surface area contributed by atoms with Gasteiger partial charge in [-0.25, -0.2) is 9.98 Å². The first-order valence-corrected chi connectivity index (χ1v) is 8.91. The average molecular weight is 316 g/mol. The second-order valence-electron chi connectivity index (χ2n) is 6.65.